The second-order valence-corrected chi connectivity index (χ2v) is 7.41. The SMILES string of the molecule is COc1ccc(CCCNC(=O)c2cccc(NS(C)(=O)=O)c2)cc1. The third-order valence-corrected chi connectivity index (χ3v) is 4.12. The molecular weight excluding hydrogens is 340 g/mol. The number of sulfonamides is 1. The molecule has 0 saturated carbocycles. The van der Waals surface area contributed by atoms with Crippen LogP contribution in [0.2, 0.25) is 0 Å². The lowest BCUT2D eigenvalue weighted by molar-refractivity contribution is 0.0953. The first-order valence-electron chi connectivity index (χ1n) is 7.86. The monoisotopic (exact) mass is 362 g/mol. The van der Waals surface area contributed by atoms with Gasteiger partial charge in [0.15, 0.2) is 0 Å². The van der Waals surface area contributed by atoms with Gasteiger partial charge in [0.25, 0.3) is 5.91 Å². The van der Waals surface area contributed by atoms with E-state index >= 15 is 0 Å². The molecule has 25 heavy (non-hydrogen) atoms. The number of methoxy groups -OCH3 is 1. The van der Waals surface area contributed by atoms with Crippen LogP contribution in [-0.4, -0.2) is 34.2 Å². The summed E-state index contributed by atoms with van der Waals surface area (Å²) in [5, 5.41) is 2.84. The van der Waals surface area contributed by atoms with Gasteiger partial charge < -0.3 is 10.1 Å². The van der Waals surface area contributed by atoms with Gasteiger partial charge in [0, 0.05) is 17.8 Å². The quantitative estimate of drug-likeness (QED) is 0.707. The van der Waals surface area contributed by atoms with Gasteiger partial charge >= 0.3 is 0 Å². The highest BCUT2D eigenvalue weighted by molar-refractivity contribution is 7.92. The van der Waals surface area contributed by atoms with Crippen LogP contribution in [0.5, 0.6) is 5.75 Å². The van der Waals surface area contributed by atoms with Gasteiger partial charge in [-0.05, 0) is 48.7 Å². The van der Waals surface area contributed by atoms with Crippen LogP contribution in [0.15, 0.2) is 48.5 Å². The van der Waals surface area contributed by atoms with E-state index in [4.69, 9.17) is 4.74 Å². The van der Waals surface area contributed by atoms with Crippen molar-refractivity contribution in [3.63, 3.8) is 0 Å². The van der Waals surface area contributed by atoms with E-state index in [2.05, 4.69) is 10.0 Å². The van der Waals surface area contributed by atoms with Crippen LogP contribution < -0.4 is 14.8 Å². The van der Waals surface area contributed by atoms with Crippen molar-refractivity contribution in [3.05, 3.63) is 59.7 Å². The summed E-state index contributed by atoms with van der Waals surface area (Å²) < 4.78 is 30.0. The van der Waals surface area contributed by atoms with Crippen LogP contribution in [0.1, 0.15) is 22.3 Å². The second-order valence-electron chi connectivity index (χ2n) is 5.66. The summed E-state index contributed by atoms with van der Waals surface area (Å²) in [6.45, 7) is 0.536. The molecule has 2 N–H and O–H groups in total. The summed E-state index contributed by atoms with van der Waals surface area (Å²) >= 11 is 0. The fourth-order valence-corrected chi connectivity index (χ4v) is 2.88. The average Bonchev–Trinajstić information content (AvgIpc) is 2.58. The molecule has 0 fully saturated rings. The molecule has 7 heteroatoms. The summed E-state index contributed by atoms with van der Waals surface area (Å²) in [5.41, 5.74) is 1.96. The van der Waals surface area contributed by atoms with Crippen LogP contribution >= 0.6 is 0 Å². The van der Waals surface area contributed by atoms with Gasteiger partial charge in [-0.25, -0.2) is 8.42 Å². The van der Waals surface area contributed by atoms with E-state index in [1.807, 2.05) is 24.3 Å². The molecule has 0 bridgehead atoms. The minimum atomic E-state index is -3.37. The molecule has 0 aromatic heterocycles. The standard InChI is InChI=1S/C18H22N2O4S/c1-24-17-10-8-14(9-11-17)5-4-12-19-18(21)15-6-3-7-16(13-15)20-25(2,22)23/h3,6-11,13,20H,4-5,12H2,1-2H3,(H,19,21). The second kappa shape index (κ2) is 8.53. The molecule has 134 valence electrons. The molecule has 6 nitrogen and oxygen atoms in total. The lowest BCUT2D eigenvalue weighted by Crippen LogP contribution is -2.25. The Morgan fingerprint density at radius 2 is 1.84 bits per heavy atom. The highest BCUT2D eigenvalue weighted by atomic mass is 32.2. The molecule has 1 amide bonds. The molecule has 0 heterocycles. The Kier molecular flexibility index (Phi) is 6.41. The zero-order valence-electron chi connectivity index (χ0n) is 14.3. The van der Waals surface area contributed by atoms with Crippen LogP contribution in [0, 0.1) is 0 Å². The summed E-state index contributed by atoms with van der Waals surface area (Å²) in [4.78, 5) is 12.2. The highest BCUT2D eigenvalue weighted by Gasteiger charge is 2.08. The number of amides is 1. The third kappa shape index (κ3) is 6.46. The molecule has 0 atom stereocenters. The Balaban J connectivity index is 1.82. The summed E-state index contributed by atoms with van der Waals surface area (Å²) in [5.74, 6) is 0.589. The molecule has 0 radical (unpaired) electrons. The van der Waals surface area contributed by atoms with Crippen molar-refractivity contribution >= 4 is 21.6 Å². The Morgan fingerprint density at radius 1 is 1.12 bits per heavy atom. The van der Waals surface area contributed by atoms with Crippen LogP contribution in [0.25, 0.3) is 0 Å². The number of rotatable bonds is 8. The fourth-order valence-electron chi connectivity index (χ4n) is 2.33. The number of carbonyl (C=O) groups excluding carboxylic acids is 1. The first kappa shape index (κ1) is 18.8. The maximum Gasteiger partial charge on any atom is 0.251 e. The largest absolute Gasteiger partial charge is 0.497 e. The van der Waals surface area contributed by atoms with Crippen LogP contribution in [0.3, 0.4) is 0 Å². The summed E-state index contributed by atoms with van der Waals surface area (Å²) in [7, 11) is -1.74. The first-order chi connectivity index (χ1) is 11.9. The number of aryl methyl sites for hydroxylation is 1. The van der Waals surface area contributed by atoms with Gasteiger partial charge in [-0.15, -0.1) is 0 Å². The Morgan fingerprint density at radius 3 is 2.48 bits per heavy atom. The van der Waals surface area contributed by atoms with E-state index in [1.165, 1.54) is 11.6 Å². The predicted molar refractivity (Wildman–Crippen MR) is 98.6 cm³/mol. The molecule has 0 aliphatic carbocycles. The molecule has 0 aliphatic rings. The Labute approximate surface area is 148 Å². The lowest BCUT2D eigenvalue weighted by Gasteiger charge is -2.08. The molecule has 2 aromatic carbocycles. The average molecular weight is 362 g/mol. The number of hydrogen-bond acceptors (Lipinski definition) is 4. The minimum Gasteiger partial charge on any atom is -0.497 e. The van der Waals surface area contributed by atoms with E-state index in [1.54, 1.807) is 25.3 Å². The van der Waals surface area contributed by atoms with Crippen molar-refractivity contribution in [2.24, 2.45) is 0 Å². The molecule has 0 aliphatic heterocycles. The number of hydrogen-bond donors (Lipinski definition) is 2. The molecule has 0 spiro atoms. The summed E-state index contributed by atoms with van der Waals surface area (Å²) in [6.07, 6.45) is 2.72. The minimum absolute atomic E-state index is 0.230. The van der Waals surface area contributed by atoms with Gasteiger partial charge in [-0.3, -0.25) is 9.52 Å². The molecule has 0 saturated heterocycles. The molecular formula is C18H22N2O4S. The lowest BCUT2D eigenvalue weighted by atomic mass is 10.1. The van der Waals surface area contributed by atoms with E-state index in [9.17, 15) is 13.2 Å². The summed E-state index contributed by atoms with van der Waals surface area (Å²) in [6, 6.07) is 14.2. The van der Waals surface area contributed by atoms with E-state index in [0.717, 1.165) is 24.8 Å². The van der Waals surface area contributed by atoms with Crippen molar-refractivity contribution in [1.29, 1.82) is 0 Å². The molecule has 2 aromatic rings. The Hall–Kier alpha value is -2.54. The Bertz CT molecular complexity index is 817. The van der Waals surface area contributed by atoms with Crippen molar-refractivity contribution in [2.45, 2.75) is 12.8 Å². The van der Waals surface area contributed by atoms with Crippen molar-refractivity contribution in [2.75, 3.05) is 24.6 Å². The number of anilines is 1. The van der Waals surface area contributed by atoms with Crippen molar-refractivity contribution in [3.8, 4) is 5.75 Å². The van der Waals surface area contributed by atoms with Gasteiger partial charge in [-0.2, -0.15) is 0 Å². The fraction of sp³-hybridized carbons (Fsp3) is 0.278. The first-order valence-corrected chi connectivity index (χ1v) is 9.75. The van der Waals surface area contributed by atoms with Crippen molar-refractivity contribution in [1.82, 2.24) is 5.32 Å². The normalized spacial score (nSPS) is 11.0. The van der Waals surface area contributed by atoms with Crippen LogP contribution in [0.4, 0.5) is 5.69 Å². The van der Waals surface area contributed by atoms with Gasteiger partial charge in [-0.1, -0.05) is 18.2 Å². The zero-order chi connectivity index (χ0) is 18.3. The predicted octanol–water partition coefficient (Wildman–Crippen LogP) is 2.43. The van der Waals surface area contributed by atoms with E-state index in [-0.39, 0.29) is 5.91 Å². The smallest absolute Gasteiger partial charge is 0.251 e. The van der Waals surface area contributed by atoms with Gasteiger partial charge in [0.1, 0.15) is 5.75 Å². The highest BCUT2D eigenvalue weighted by Crippen LogP contribution is 2.13. The van der Waals surface area contributed by atoms with Gasteiger partial charge in [0.2, 0.25) is 10.0 Å². The third-order valence-electron chi connectivity index (χ3n) is 3.51. The number of nitrogens with one attached hydrogen (secondary N) is 2. The topological polar surface area (TPSA) is 84.5 Å². The van der Waals surface area contributed by atoms with E-state index < -0.39 is 10.0 Å². The number of carbonyl (C=O) groups is 1. The number of benzene rings is 2. The van der Waals surface area contributed by atoms with E-state index in [0.29, 0.717) is 17.8 Å². The zero-order valence-corrected chi connectivity index (χ0v) is 15.1. The maximum absolute atomic E-state index is 12.2. The number of ether oxygens (including phenoxy) is 1. The van der Waals surface area contributed by atoms with Crippen LogP contribution in [-0.2, 0) is 16.4 Å². The molecule has 2 rings (SSSR count). The van der Waals surface area contributed by atoms with Gasteiger partial charge in [0.05, 0.1) is 13.4 Å². The molecule has 0 unspecified atom stereocenters. The maximum atomic E-state index is 12.2. The van der Waals surface area contributed by atoms with Crippen molar-refractivity contribution < 1.29 is 17.9 Å².